The predicted molar refractivity (Wildman–Crippen MR) is 100 cm³/mol. The molecule has 9 heteroatoms. The van der Waals surface area contributed by atoms with E-state index in [1.807, 2.05) is 0 Å². The minimum absolute atomic E-state index is 0.0756. The lowest BCUT2D eigenvalue weighted by atomic mass is 9.89. The molecule has 0 radical (unpaired) electrons. The first-order valence-electron chi connectivity index (χ1n) is 8.53. The number of aromatic amines is 1. The van der Waals surface area contributed by atoms with Gasteiger partial charge in [0.1, 0.15) is 5.75 Å². The smallest absolute Gasteiger partial charge is 0.252 e. The van der Waals surface area contributed by atoms with Crippen molar-refractivity contribution in [2.45, 2.75) is 19.3 Å². The van der Waals surface area contributed by atoms with E-state index in [9.17, 15) is 14.4 Å². The second-order valence-corrected chi connectivity index (χ2v) is 6.21. The van der Waals surface area contributed by atoms with Gasteiger partial charge in [-0.15, -0.1) is 0 Å². The van der Waals surface area contributed by atoms with Crippen molar-refractivity contribution in [3.63, 3.8) is 0 Å². The molecule has 0 saturated heterocycles. The van der Waals surface area contributed by atoms with Crippen LogP contribution < -0.4 is 26.2 Å². The lowest BCUT2D eigenvalue weighted by molar-refractivity contribution is -0.126. The first-order valence-corrected chi connectivity index (χ1v) is 8.53. The number of benzene rings is 1. The molecule has 2 heterocycles. The second kappa shape index (κ2) is 7.90. The van der Waals surface area contributed by atoms with Crippen molar-refractivity contribution in [1.82, 2.24) is 15.3 Å². The Kier molecular flexibility index (Phi) is 5.39. The largest absolute Gasteiger partial charge is 0.497 e. The number of methoxy groups -OCH3 is 1. The van der Waals surface area contributed by atoms with Gasteiger partial charge in [0.2, 0.25) is 17.8 Å². The van der Waals surface area contributed by atoms with E-state index < -0.39 is 5.92 Å². The Morgan fingerprint density at radius 3 is 2.85 bits per heavy atom. The number of carbonyl (C=O) groups excluding carboxylic acids is 2. The maximum absolute atomic E-state index is 12.6. The molecule has 2 aromatic rings. The van der Waals surface area contributed by atoms with Gasteiger partial charge in [-0.25, -0.2) is 4.98 Å². The van der Waals surface area contributed by atoms with E-state index in [1.54, 1.807) is 32.2 Å². The number of hydrogen-bond donors (Lipinski definition) is 4. The van der Waals surface area contributed by atoms with Crippen LogP contribution in [-0.2, 0) is 9.59 Å². The maximum Gasteiger partial charge on any atom is 0.252 e. The van der Waals surface area contributed by atoms with E-state index >= 15 is 0 Å². The fourth-order valence-electron chi connectivity index (χ4n) is 2.95. The zero-order valence-electron chi connectivity index (χ0n) is 15.1. The summed E-state index contributed by atoms with van der Waals surface area (Å²) in [6, 6.07) is 6.62. The molecule has 0 aliphatic carbocycles. The van der Waals surface area contributed by atoms with Crippen LogP contribution in [0.25, 0.3) is 0 Å². The zero-order valence-corrected chi connectivity index (χ0v) is 15.1. The molecule has 1 aromatic heterocycles. The summed E-state index contributed by atoms with van der Waals surface area (Å²) in [6.07, 6.45) is 0.0756. The first kappa shape index (κ1) is 18.4. The quantitative estimate of drug-likeness (QED) is 0.555. The van der Waals surface area contributed by atoms with Gasteiger partial charge in [-0.05, 0) is 30.7 Å². The second-order valence-electron chi connectivity index (χ2n) is 6.21. The molecule has 1 aliphatic rings. The minimum Gasteiger partial charge on any atom is -0.497 e. The van der Waals surface area contributed by atoms with Gasteiger partial charge in [0.15, 0.2) is 0 Å². The van der Waals surface area contributed by atoms with Crippen LogP contribution in [0.4, 0.5) is 11.6 Å². The van der Waals surface area contributed by atoms with Crippen LogP contribution in [0.3, 0.4) is 0 Å². The molecule has 1 atom stereocenters. The number of fused-ring (bicyclic) bond motifs is 1. The molecule has 4 N–H and O–H groups in total. The van der Waals surface area contributed by atoms with E-state index in [0.717, 1.165) is 5.56 Å². The summed E-state index contributed by atoms with van der Waals surface area (Å²) in [6.45, 7) is 2.41. The third-order valence-corrected chi connectivity index (χ3v) is 4.20. The molecule has 2 amide bonds. The van der Waals surface area contributed by atoms with E-state index in [2.05, 4.69) is 25.9 Å². The van der Waals surface area contributed by atoms with Crippen LogP contribution in [0.15, 0.2) is 29.1 Å². The van der Waals surface area contributed by atoms with E-state index in [4.69, 9.17) is 4.74 Å². The van der Waals surface area contributed by atoms with Crippen LogP contribution in [0.1, 0.15) is 23.6 Å². The highest BCUT2D eigenvalue weighted by Gasteiger charge is 2.30. The molecule has 1 aromatic carbocycles. The molecule has 9 nitrogen and oxygen atoms in total. The fourth-order valence-corrected chi connectivity index (χ4v) is 2.95. The molecule has 1 aliphatic heterocycles. The van der Waals surface area contributed by atoms with Crippen molar-refractivity contribution in [2.75, 3.05) is 30.8 Å². The number of nitrogens with zero attached hydrogens (tertiary/aromatic N) is 1. The van der Waals surface area contributed by atoms with Gasteiger partial charge in [-0.3, -0.25) is 19.4 Å². The molecule has 0 bridgehead atoms. The Morgan fingerprint density at radius 2 is 2.11 bits per heavy atom. The summed E-state index contributed by atoms with van der Waals surface area (Å²) < 4.78 is 5.21. The van der Waals surface area contributed by atoms with E-state index in [1.165, 1.54) is 6.07 Å². The highest BCUT2D eigenvalue weighted by atomic mass is 16.5. The van der Waals surface area contributed by atoms with Crippen molar-refractivity contribution in [2.24, 2.45) is 0 Å². The molecule has 0 spiro atoms. The van der Waals surface area contributed by atoms with Crippen molar-refractivity contribution < 1.29 is 14.3 Å². The lowest BCUT2D eigenvalue weighted by Gasteiger charge is -2.25. The average Bonchev–Trinajstić information content (AvgIpc) is 2.63. The summed E-state index contributed by atoms with van der Waals surface area (Å²) in [5.74, 6) is -0.0553. The summed E-state index contributed by atoms with van der Waals surface area (Å²) in [5, 5.41) is 8.53. The topological polar surface area (TPSA) is 125 Å². The molecule has 27 heavy (non-hydrogen) atoms. The number of amides is 2. The molecular weight excluding hydrogens is 350 g/mol. The third kappa shape index (κ3) is 4.43. The number of carbonyl (C=O) groups is 2. The maximum atomic E-state index is 12.6. The van der Waals surface area contributed by atoms with Gasteiger partial charge in [-0.1, -0.05) is 0 Å². The average molecular weight is 371 g/mol. The van der Waals surface area contributed by atoms with Crippen molar-refractivity contribution >= 4 is 23.5 Å². The standard InChI is InChI=1S/C18H21N5O4/c1-10-7-15(24)23-18(21-10)20-6-5-19-17(26)13-9-16(25)22-14-4-3-11(27-2)8-12(13)14/h3-4,7-8,13H,5-6,9H2,1-2H3,(H,19,26)(H,22,25)(H2,20,21,23,24). The summed E-state index contributed by atoms with van der Waals surface area (Å²) >= 11 is 0. The van der Waals surface area contributed by atoms with Gasteiger partial charge in [0.05, 0.1) is 13.0 Å². The SMILES string of the molecule is COc1ccc2c(c1)C(C(=O)NCCNc1nc(C)cc(=O)[nH]1)CC(=O)N2. The number of ether oxygens (including phenoxy) is 1. The van der Waals surface area contributed by atoms with Crippen LogP contribution in [0, 0.1) is 6.92 Å². The first-order chi connectivity index (χ1) is 13.0. The van der Waals surface area contributed by atoms with Crippen LogP contribution >= 0.6 is 0 Å². The number of H-pyrrole nitrogens is 1. The van der Waals surface area contributed by atoms with Gasteiger partial charge in [0, 0.05) is 37.0 Å². The molecule has 1 unspecified atom stereocenters. The highest BCUT2D eigenvalue weighted by Crippen LogP contribution is 2.34. The Balaban J connectivity index is 1.61. The molecule has 3 rings (SSSR count). The molecular formula is C18H21N5O4. The molecule has 0 fully saturated rings. The van der Waals surface area contributed by atoms with E-state index in [-0.39, 0.29) is 23.8 Å². The number of aromatic nitrogens is 2. The number of hydrogen-bond acceptors (Lipinski definition) is 6. The van der Waals surface area contributed by atoms with Crippen LogP contribution in [0.2, 0.25) is 0 Å². The van der Waals surface area contributed by atoms with Crippen molar-refractivity contribution in [1.29, 1.82) is 0 Å². The van der Waals surface area contributed by atoms with Gasteiger partial charge < -0.3 is 20.7 Å². The number of nitrogens with one attached hydrogen (secondary N) is 4. The summed E-state index contributed by atoms with van der Waals surface area (Å²) in [4.78, 5) is 42.6. The summed E-state index contributed by atoms with van der Waals surface area (Å²) in [5.41, 5.74) is 1.70. The number of aryl methyl sites for hydroxylation is 1. The third-order valence-electron chi connectivity index (χ3n) is 4.20. The van der Waals surface area contributed by atoms with Crippen molar-refractivity contribution in [3.8, 4) is 5.75 Å². The monoisotopic (exact) mass is 371 g/mol. The highest BCUT2D eigenvalue weighted by molar-refractivity contribution is 6.01. The fraction of sp³-hybridized carbons (Fsp3) is 0.333. The predicted octanol–water partition coefficient (Wildman–Crippen LogP) is 0.741. The van der Waals surface area contributed by atoms with Gasteiger partial charge in [-0.2, -0.15) is 0 Å². The van der Waals surface area contributed by atoms with Crippen LogP contribution in [0.5, 0.6) is 5.75 Å². The number of rotatable bonds is 6. The number of anilines is 2. The molecule has 0 saturated carbocycles. The zero-order chi connectivity index (χ0) is 19.4. The normalized spacial score (nSPS) is 15.5. The Bertz CT molecular complexity index is 924. The summed E-state index contributed by atoms with van der Waals surface area (Å²) in [7, 11) is 1.55. The molecule has 142 valence electrons. The van der Waals surface area contributed by atoms with Gasteiger partial charge in [0.25, 0.3) is 5.56 Å². The van der Waals surface area contributed by atoms with Crippen LogP contribution in [-0.4, -0.2) is 42.0 Å². The Hall–Kier alpha value is -3.36. The lowest BCUT2D eigenvalue weighted by Crippen LogP contribution is -2.37. The van der Waals surface area contributed by atoms with E-state index in [0.29, 0.717) is 36.2 Å². The van der Waals surface area contributed by atoms with Crippen molar-refractivity contribution in [3.05, 3.63) is 45.9 Å². The van der Waals surface area contributed by atoms with Gasteiger partial charge >= 0.3 is 0 Å². The Labute approximate surface area is 155 Å². The Morgan fingerprint density at radius 1 is 1.30 bits per heavy atom. The minimum atomic E-state index is -0.583.